The fourth-order valence-electron chi connectivity index (χ4n) is 3.04. The van der Waals surface area contributed by atoms with Crippen molar-refractivity contribution in [2.75, 3.05) is 31.9 Å². The summed E-state index contributed by atoms with van der Waals surface area (Å²) in [5.41, 5.74) is 7.75. The van der Waals surface area contributed by atoms with Gasteiger partial charge in [0.25, 0.3) is 0 Å². The Labute approximate surface area is 143 Å². The maximum atomic E-state index is 12.7. The number of hydrogen-bond donors (Lipinski definition) is 1. The van der Waals surface area contributed by atoms with Gasteiger partial charge in [-0.3, -0.25) is 4.90 Å². The maximum Gasteiger partial charge on any atom is 0.243 e. The molecule has 3 rings (SSSR count). The Balaban J connectivity index is 1.67. The van der Waals surface area contributed by atoms with Crippen LogP contribution in [0.25, 0.3) is 0 Å². The van der Waals surface area contributed by atoms with Crippen LogP contribution in [0, 0.1) is 0 Å². The van der Waals surface area contributed by atoms with Crippen molar-refractivity contribution in [3.8, 4) is 0 Å². The summed E-state index contributed by atoms with van der Waals surface area (Å²) in [6.45, 7) is 3.48. The van der Waals surface area contributed by atoms with Gasteiger partial charge in [-0.15, -0.1) is 0 Å². The Morgan fingerprint density at radius 2 is 1.71 bits per heavy atom. The second-order valence-electron chi connectivity index (χ2n) is 6.09. The van der Waals surface area contributed by atoms with Crippen LogP contribution in [0.15, 0.2) is 59.5 Å². The standard InChI is InChI=1S/C18H23N3O2S/c19-17-7-4-6-16(14-17)15-20-10-5-11-21(13-12-20)24(22,23)18-8-2-1-3-9-18/h1-4,6-9,14H,5,10-13,15,19H2. The van der Waals surface area contributed by atoms with Gasteiger partial charge >= 0.3 is 0 Å². The predicted octanol–water partition coefficient (Wildman–Crippen LogP) is 2.17. The summed E-state index contributed by atoms with van der Waals surface area (Å²) in [4.78, 5) is 2.66. The van der Waals surface area contributed by atoms with Crippen LogP contribution < -0.4 is 5.73 Å². The number of anilines is 1. The number of nitrogens with zero attached hydrogens (tertiary/aromatic N) is 2. The molecule has 5 nitrogen and oxygen atoms in total. The summed E-state index contributed by atoms with van der Waals surface area (Å²) in [6.07, 6.45) is 0.828. The van der Waals surface area contributed by atoms with E-state index < -0.39 is 10.0 Å². The smallest absolute Gasteiger partial charge is 0.243 e. The molecule has 0 radical (unpaired) electrons. The third-order valence-electron chi connectivity index (χ3n) is 4.29. The van der Waals surface area contributed by atoms with Gasteiger partial charge in [0.1, 0.15) is 0 Å². The third-order valence-corrected chi connectivity index (χ3v) is 6.20. The first-order chi connectivity index (χ1) is 11.6. The molecule has 1 fully saturated rings. The van der Waals surface area contributed by atoms with Gasteiger partial charge in [0.2, 0.25) is 10.0 Å². The van der Waals surface area contributed by atoms with E-state index in [1.165, 1.54) is 0 Å². The van der Waals surface area contributed by atoms with Gasteiger partial charge in [0.05, 0.1) is 4.90 Å². The molecule has 1 aliphatic heterocycles. The van der Waals surface area contributed by atoms with Gasteiger partial charge in [-0.2, -0.15) is 4.31 Å². The summed E-state index contributed by atoms with van der Waals surface area (Å²) in [5, 5.41) is 0. The van der Waals surface area contributed by atoms with Crippen LogP contribution in [-0.2, 0) is 16.6 Å². The number of sulfonamides is 1. The zero-order valence-electron chi connectivity index (χ0n) is 13.6. The molecular weight excluding hydrogens is 322 g/mol. The zero-order valence-corrected chi connectivity index (χ0v) is 14.5. The molecule has 1 heterocycles. The molecular formula is C18H23N3O2S. The summed E-state index contributed by atoms with van der Waals surface area (Å²) in [7, 11) is -3.40. The van der Waals surface area contributed by atoms with Gasteiger partial charge in [-0.1, -0.05) is 30.3 Å². The zero-order chi connectivity index (χ0) is 17.0. The number of benzene rings is 2. The molecule has 0 saturated carbocycles. The summed E-state index contributed by atoms with van der Waals surface area (Å²) < 4.78 is 27.1. The number of nitrogen functional groups attached to an aromatic ring is 1. The fourth-order valence-corrected chi connectivity index (χ4v) is 4.53. The Bertz CT molecular complexity index is 778. The molecule has 0 unspecified atom stereocenters. The lowest BCUT2D eigenvalue weighted by molar-refractivity contribution is 0.278. The minimum Gasteiger partial charge on any atom is -0.399 e. The summed E-state index contributed by atoms with van der Waals surface area (Å²) in [5.74, 6) is 0. The van der Waals surface area contributed by atoms with E-state index in [1.807, 2.05) is 24.3 Å². The number of hydrogen-bond acceptors (Lipinski definition) is 4. The molecule has 0 spiro atoms. The van der Waals surface area contributed by atoms with Gasteiger partial charge in [0.15, 0.2) is 0 Å². The topological polar surface area (TPSA) is 66.6 Å². The van der Waals surface area contributed by atoms with Crippen molar-refractivity contribution in [3.63, 3.8) is 0 Å². The van der Waals surface area contributed by atoms with Crippen LogP contribution in [0.2, 0.25) is 0 Å². The first kappa shape index (κ1) is 17.0. The van der Waals surface area contributed by atoms with Gasteiger partial charge < -0.3 is 5.73 Å². The van der Waals surface area contributed by atoms with E-state index in [2.05, 4.69) is 11.0 Å². The van der Waals surface area contributed by atoms with Crippen molar-refractivity contribution in [3.05, 3.63) is 60.2 Å². The van der Waals surface area contributed by atoms with E-state index in [0.29, 0.717) is 18.0 Å². The van der Waals surface area contributed by atoms with Crippen LogP contribution in [0.1, 0.15) is 12.0 Å². The lowest BCUT2D eigenvalue weighted by Gasteiger charge is -2.22. The molecule has 24 heavy (non-hydrogen) atoms. The number of rotatable bonds is 4. The first-order valence-corrected chi connectivity index (χ1v) is 9.62. The van der Waals surface area contributed by atoms with Crippen LogP contribution >= 0.6 is 0 Å². The average Bonchev–Trinajstić information content (AvgIpc) is 2.82. The third kappa shape index (κ3) is 3.95. The Kier molecular flexibility index (Phi) is 5.18. The largest absolute Gasteiger partial charge is 0.399 e. The fraction of sp³-hybridized carbons (Fsp3) is 0.333. The van der Waals surface area contributed by atoms with Crippen molar-refractivity contribution in [2.24, 2.45) is 0 Å². The van der Waals surface area contributed by atoms with Crippen molar-refractivity contribution in [2.45, 2.75) is 17.9 Å². The molecule has 2 N–H and O–H groups in total. The van der Waals surface area contributed by atoms with E-state index in [1.54, 1.807) is 28.6 Å². The molecule has 2 aromatic rings. The Morgan fingerprint density at radius 3 is 2.46 bits per heavy atom. The first-order valence-electron chi connectivity index (χ1n) is 8.18. The second kappa shape index (κ2) is 7.34. The van der Waals surface area contributed by atoms with Gasteiger partial charge in [0, 0.05) is 31.9 Å². The Morgan fingerprint density at radius 1 is 0.917 bits per heavy atom. The van der Waals surface area contributed by atoms with E-state index in [-0.39, 0.29) is 0 Å². The normalized spacial score (nSPS) is 17.5. The highest BCUT2D eigenvalue weighted by atomic mass is 32.2. The molecule has 0 aliphatic carbocycles. The van der Waals surface area contributed by atoms with E-state index in [9.17, 15) is 8.42 Å². The lowest BCUT2D eigenvalue weighted by atomic mass is 10.2. The molecule has 0 bridgehead atoms. The van der Waals surface area contributed by atoms with Crippen molar-refractivity contribution in [1.29, 1.82) is 0 Å². The molecule has 0 atom stereocenters. The molecule has 6 heteroatoms. The summed E-state index contributed by atoms with van der Waals surface area (Å²) in [6, 6.07) is 16.5. The molecule has 1 saturated heterocycles. The van der Waals surface area contributed by atoms with Crippen molar-refractivity contribution in [1.82, 2.24) is 9.21 Å². The van der Waals surface area contributed by atoms with Crippen molar-refractivity contribution < 1.29 is 8.42 Å². The Hall–Kier alpha value is -1.89. The van der Waals surface area contributed by atoms with Crippen LogP contribution in [0.4, 0.5) is 5.69 Å². The molecule has 0 amide bonds. The van der Waals surface area contributed by atoms with Gasteiger partial charge in [-0.05, 0) is 42.8 Å². The highest BCUT2D eigenvalue weighted by molar-refractivity contribution is 7.89. The highest BCUT2D eigenvalue weighted by Gasteiger charge is 2.26. The van der Waals surface area contributed by atoms with E-state index in [4.69, 9.17) is 5.73 Å². The van der Waals surface area contributed by atoms with E-state index in [0.717, 1.165) is 37.3 Å². The van der Waals surface area contributed by atoms with Crippen LogP contribution in [0.3, 0.4) is 0 Å². The lowest BCUT2D eigenvalue weighted by Crippen LogP contribution is -2.35. The molecule has 128 valence electrons. The highest BCUT2D eigenvalue weighted by Crippen LogP contribution is 2.18. The maximum absolute atomic E-state index is 12.7. The predicted molar refractivity (Wildman–Crippen MR) is 95.9 cm³/mol. The molecule has 1 aliphatic rings. The average molecular weight is 345 g/mol. The minimum absolute atomic E-state index is 0.370. The monoisotopic (exact) mass is 345 g/mol. The van der Waals surface area contributed by atoms with Crippen molar-refractivity contribution >= 4 is 15.7 Å². The quantitative estimate of drug-likeness (QED) is 0.863. The second-order valence-corrected chi connectivity index (χ2v) is 8.03. The molecule has 0 aromatic heterocycles. The van der Waals surface area contributed by atoms with Crippen LogP contribution in [-0.4, -0.2) is 43.8 Å². The van der Waals surface area contributed by atoms with E-state index >= 15 is 0 Å². The molecule has 2 aromatic carbocycles. The van der Waals surface area contributed by atoms with Crippen LogP contribution in [0.5, 0.6) is 0 Å². The SMILES string of the molecule is Nc1cccc(CN2CCCN(S(=O)(=O)c3ccccc3)CC2)c1. The number of nitrogens with two attached hydrogens (primary N) is 1. The summed E-state index contributed by atoms with van der Waals surface area (Å²) >= 11 is 0. The minimum atomic E-state index is -3.40. The van der Waals surface area contributed by atoms with Gasteiger partial charge in [-0.25, -0.2) is 8.42 Å².